The predicted molar refractivity (Wildman–Crippen MR) is 47.4 cm³/mol. The first-order chi connectivity index (χ1) is 5.02. The summed E-state index contributed by atoms with van der Waals surface area (Å²) in [6.45, 7) is 7.81. The van der Waals surface area contributed by atoms with E-state index in [1.807, 2.05) is 0 Å². The lowest BCUT2D eigenvalue weighted by Crippen LogP contribution is -2.46. The topological polar surface area (TPSA) is 58.3 Å². The van der Waals surface area contributed by atoms with E-state index in [4.69, 9.17) is 10.8 Å². The van der Waals surface area contributed by atoms with Gasteiger partial charge in [-0.3, -0.25) is 0 Å². The van der Waals surface area contributed by atoms with Crippen LogP contribution in [0.3, 0.4) is 0 Å². The van der Waals surface area contributed by atoms with Crippen LogP contribution in [0.5, 0.6) is 0 Å². The number of hydrogen-bond acceptors (Lipinski definition) is 3. The Morgan fingerprint density at radius 1 is 1.45 bits per heavy atom. The van der Waals surface area contributed by atoms with Gasteiger partial charge in [0.05, 0.1) is 6.61 Å². The van der Waals surface area contributed by atoms with Gasteiger partial charge >= 0.3 is 0 Å². The van der Waals surface area contributed by atoms with Crippen LogP contribution in [0.15, 0.2) is 0 Å². The average Bonchev–Trinajstić information content (AvgIpc) is 1.87. The summed E-state index contributed by atoms with van der Waals surface area (Å²) in [5.41, 5.74) is 5.73. The average molecular weight is 160 g/mol. The van der Waals surface area contributed by atoms with Crippen molar-refractivity contribution in [2.45, 2.75) is 26.8 Å². The molecule has 0 rings (SSSR count). The Hall–Kier alpha value is -0.120. The molecule has 0 fully saturated rings. The van der Waals surface area contributed by atoms with E-state index in [0.717, 1.165) is 0 Å². The van der Waals surface area contributed by atoms with Gasteiger partial charge in [-0.2, -0.15) is 0 Å². The molecule has 0 amide bonds. The molecule has 0 aliphatic rings. The van der Waals surface area contributed by atoms with E-state index >= 15 is 0 Å². The molecule has 0 bridgehead atoms. The second-order valence-electron chi connectivity index (χ2n) is 3.83. The van der Waals surface area contributed by atoms with Crippen LogP contribution < -0.4 is 11.1 Å². The number of nitrogens with two attached hydrogens (primary N) is 1. The van der Waals surface area contributed by atoms with Crippen molar-refractivity contribution in [3.63, 3.8) is 0 Å². The minimum absolute atomic E-state index is 0.171. The lowest BCUT2D eigenvalue weighted by molar-refractivity contribution is 0.237. The van der Waals surface area contributed by atoms with Crippen LogP contribution >= 0.6 is 0 Å². The lowest BCUT2D eigenvalue weighted by Gasteiger charge is -2.30. The van der Waals surface area contributed by atoms with Gasteiger partial charge in [0.15, 0.2) is 0 Å². The summed E-state index contributed by atoms with van der Waals surface area (Å²) >= 11 is 0. The molecule has 68 valence electrons. The van der Waals surface area contributed by atoms with Crippen LogP contribution in [0.4, 0.5) is 0 Å². The fourth-order valence-corrected chi connectivity index (χ4v) is 0.982. The summed E-state index contributed by atoms with van der Waals surface area (Å²) in [6.07, 6.45) is 0. The van der Waals surface area contributed by atoms with Crippen molar-refractivity contribution in [1.82, 2.24) is 5.32 Å². The number of aliphatic hydroxyl groups excluding tert-OH is 1. The number of nitrogens with one attached hydrogen (secondary N) is 1. The maximum absolute atomic E-state index is 8.57. The molecule has 0 aliphatic heterocycles. The monoisotopic (exact) mass is 160 g/mol. The minimum Gasteiger partial charge on any atom is -0.395 e. The first-order valence-electron chi connectivity index (χ1n) is 4.06. The van der Waals surface area contributed by atoms with E-state index < -0.39 is 0 Å². The maximum Gasteiger partial charge on any atom is 0.0556 e. The van der Waals surface area contributed by atoms with Crippen molar-refractivity contribution in [3.8, 4) is 0 Å². The highest BCUT2D eigenvalue weighted by molar-refractivity contribution is 4.80. The van der Waals surface area contributed by atoms with Gasteiger partial charge in [0, 0.05) is 19.1 Å². The Kier molecular flexibility index (Phi) is 4.65. The quantitative estimate of drug-likeness (QED) is 0.540. The molecule has 0 aromatic rings. The van der Waals surface area contributed by atoms with E-state index in [0.29, 0.717) is 13.1 Å². The van der Waals surface area contributed by atoms with Crippen molar-refractivity contribution >= 4 is 0 Å². The smallest absolute Gasteiger partial charge is 0.0556 e. The van der Waals surface area contributed by atoms with Gasteiger partial charge in [-0.1, -0.05) is 20.8 Å². The fraction of sp³-hybridized carbons (Fsp3) is 1.00. The highest BCUT2D eigenvalue weighted by atomic mass is 16.3. The molecule has 0 radical (unpaired) electrons. The molecule has 4 N–H and O–H groups in total. The fourth-order valence-electron chi connectivity index (χ4n) is 0.982. The Morgan fingerprint density at radius 3 is 2.27 bits per heavy atom. The zero-order chi connectivity index (χ0) is 8.91. The minimum atomic E-state index is 0.171. The molecule has 3 heteroatoms. The van der Waals surface area contributed by atoms with E-state index in [1.165, 1.54) is 0 Å². The van der Waals surface area contributed by atoms with Crippen LogP contribution in [-0.2, 0) is 0 Å². The highest BCUT2D eigenvalue weighted by Crippen LogP contribution is 2.17. The molecule has 11 heavy (non-hydrogen) atoms. The van der Waals surface area contributed by atoms with Gasteiger partial charge < -0.3 is 16.2 Å². The van der Waals surface area contributed by atoms with Crippen LogP contribution in [0.1, 0.15) is 20.8 Å². The summed E-state index contributed by atoms with van der Waals surface area (Å²) < 4.78 is 0. The lowest BCUT2D eigenvalue weighted by atomic mass is 9.87. The molecule has 0 saturated heterocycles. The Labute approximate surface area is 69.0 Å². The molecule has 0 spiro atoms. The molecular weight excluding hydrogens is 140 g/mol. The summed E-state index contributed by atoms with van der Waals surface area (Å²) in [5.74, 6) is 0. The van der Waals surface area contributed by atoms with Gasteiger partial charge in [0.2, 0.25) is 0 Å². The standard InChI is InChI=1S/C8H20N2O/c1-8(2,3)7(6-9)10-4-5-11/h7,10-11H,4-6,9H2,1-3H3. The molecule has 0 saturated carbocycles. The molecule has 0 aromatic heterocycles. The van der Waals surface area contributed by atoms with Crippen LogP contribution in [0.2, 0.25) is 0 Å². The second kappa shape index (κ2) is 4.70. The van der Waals surface area contributed by atoms with Crippen LogP contribution in [0, 0.1) is 5.41 Å². The second-order valence-corrected chi connectivity index (χ2v) is 3.83. The Bertz CT molecular complexity index is 98.8. The van der Waals surface area contributed by atoms with E-state index in [-0.39, 0.29) is 18.1 Å². The van der Waals surface area contributed by atoms with Crippen molar-refractivity contribution in [2.24, 2.45) is 11.1 Å². The third-order valence-corrected chi connectivity index (χ3v) is 1.78. The predicted octanol–water partition coefficient (Wildman–Crippen LogP) is -0.0583. The van der Waals surface area contributed by atoms with Crippen LogP contribution in [-0.4, -0.2) is 30.8 Å². The van der Waals surface area contributed by atoms with Crippen molar-refractivity contribution < 1.29 is 5.11 Å². The van der Waals surface area contributed by atoms with Gasteiger partial charge in [0.1, 0.15) is 0 Å². The number of aliphatic hydroxyl groups is 1. The Balaban J connectivity index is 3.76. The first kappa shape index (κ1) is 10.9. The van der Waals surface area contributed by atoms with E-state index in [1.54, 1.807) is 0 Å². The molecule has 1 unspecified atom stereocenters. The molecule has 0 aliphatic carbocycles. The Morgan fingerprint density at radius 2 is 2.00 bits per heavy atom. The van der Waals surface area contributed by atoms with E-state index in [2.05, 4.69) is 26.1 Å². The molecule has 3 nitrogen and oxygen atoms in total. The first-order valence-corrected chi connectivity index (χ1v) is 4.06. The summed E-state index contributed by atoms with van der Waals surface area (Å²) in [6, 6.07) is 0.287. The third-order valence-electron chi connectivity index (χ3n) is 1.78. The summed E-state index contributed by atoms with van der Waals surface area (Å²) in [7, 11) is 0. The zero-order valence-corrected chi connectivity index (χ0v) is 7.72. The van der Waals surface area contributed by atoms with E-state index in [9.17, 15) is 0 Å². The molecule has 0 aromatic carbocycles. The SMILES string of the molecule is CC(C)(C)C(CN)NCCO. The van der Waals surface area contributed by atoms with Crippen molar-refractivity contribution in [3.05, 3.63) is 0 Å². The van der Waals surface area contributed by atoms with Crippen molar-refractivity contribution in [2.75, 3.05) is 19.7 Å². The van der Waals surface area contributed by atoms with Crippen molar-refractivity contribution in [1.29, 1.82) is 0 Å². The largest absolute Gasteiger partial charge is 0.395 e. The summed E-state index contributed by atoms with van der Waals surface area (Å²) in [4.78, 5) is 0. The van der Waals surface area contributed by atoms with Gasteiger partial charge in [0.25, 0.3) is 0 Å². The van der Waals surface area contributed by atoms with Gasteiger partial charge in [-0.15, -0.1) is 0 Å². The maximum atomic E-state index is 8.57. The summed E-state index contributed by atoms with van der Waals surface area (Å²) in [5, 5.41) is 11.8. The molecule has 0 heterocycles. The van der Waals surface area contributed by atoms with Crippen LogP contribution in [0.25, 0.3) is 0 Å². The normalized spacial score (nSPS) is 15.0. The molecule has 1 atom stereocenters. The number of rotatable bonds is 4. The number of hydrogen-bond donors (Lipinski definition) is 3. The zero-order valence-electron chi connectivity index (χ0n) is 7.72. The molecular formula is C8H20N2O. The van der Waals surface area contributed by atoms with Gasteiger partial charge in [-0.05, 0) is 5.41 Å². The third kappa shape index (κ3) is 4.35. The highest BCUT2D eigenvalue weighted by Gasteiger charge is 2.21. The van der Waals surface area contributed by atoms with Gasteiger partial charge in [-0.25, -0.2) is 0 Å².